The van der Waals surface area contributed by atoms with Crippen LogP contribution in [0.5, 0.6) is 0 Å². The van der Waals surface area contributed by atoms with Gasteiger partial charge in [0.2, 0.25) is 0 Å². The Balaban J connectivity index is 0. The second kappa shape index (κ2) is 22.3. The van der Waals surface area contributed by atoms with Gasteiger partial charge in [-0.3, -0.25) is 0 Å². The first-order valence-electron chi connectivity index (χ1n) is 8.61. The Morgan fingerprint density at radius 3 is 1.10 bits per heavy atom. The van der Waals surface area contributed by atoms with E-state index >= 15 is 0 Å². The maximum Gasteiger partial charge on any atom is 0.692 e. The number of aliphatic hydroxyl groups is 1. The molecule has 0 saturated carbocycles. The van der Waals surface area contributed by atoms with Crippen molar-refractivity contribution in [2.75, 3.05) is 6.61 Å². The van der Waals surface area contributed by atoms with Crippen molar-refractivity contribution >= 4 is 8.25 Å². The molecule has 0 aromatic rings. The van der Waals surface area contributed by atoms with Crippen molar-refractivity contribution in [2.24, 2.45) is 0 Å². The van der Waals surface area contributed by atoms with Crippen LogP contribution in [0.2, 0.25) is 0 Å². The molecule has 3 N–H and O–H groups in total. The Kier molecular flexibility index (Phi) is 24.6. The Morgan fingerprint density at radius 1 is 0.619 bits per heavy atom. The fourth-order valence-corrected chi connectivity index (χ4v) is 2.31. The number of hydrogen-bond donors (Lipinski definition) is 3. The molecule has 0 amide bonds. The van der Waals surface area contributed by atoms with E-state index in [-0.39, 0.29) is 0 Å². The van der Waals surface area contributed by atoms with Crippen LogP contribution in [0.25, 0.3) is 0 Å². The predicted molar refractivity (Wildman–Crippen MR) is 89.4 cm³/mol. The van der Waals surface area contributed by atoms with Gasteiger partial charge in [-0.25, -0.2) is 0 Å². The zero-order valence-electron chi connectivity index (χ0n) is 13.8. The first kappa shape index (κ1) is 23.2. The Hall–Kier alpha value is -0.0200. The maximum atomic E-state index is 8.70. The molecule has 0 heterocycles. The van der Waals surface area contributed by atoms with E-state index in [2.05, 4.69) is 6.92 Å². The zero-order valence-corrected chi connectivity index (χ0v) is 14.7. The summed E-state index contributed by atoms with van der Waals surface area (Å²) in [5, 5.41) is 8.64. The number of aliphatic hydroxyl groups excluding tert-OH is 1. The highest BCUT2D eigenvalue weighted by molar-refractivity contribution is 7.30. The van der Waals surface area contributed by atoms with E-state index in [1.807, 2.05) is 0 Å². The van der Waals surface area contributed by atoms with Crippen LogP contribution in [0.15, 0.2) is 0 Å². The van der Waals surface area contributed by atoms with Gasteiger partial charge in [0.15, 0.2) is 0 Å². The number of hydrogen-bond acceptors (Lipinski definition) is 2. The van der Waals surface area contributed by atoms with Crippen molar-refractivity contribution in [1.82, 2.24) is 0 Å². The van der Waals surface area contributed by atoms with Crippen molar-refractivity contribution in [1.29, 1.82) is 0 Å². The fourth-order valence-electron chi connectivity index (χ4n) is 2.31. The molecule has 5 heteroatoms. The van der Waals surface area contributed by atoms with Gasteiger partial charge in [-0.2, -0.15) is 0 Å². The van der Waals surface area contributed by atoms with E-state index in [4.69, 9.17) is 19.5 Å². The monoisotopic (exact) mass is 323 g/mol. The third-order valence-electron chi connectivity index (χ3n) is 3.51. The number of unbranched alkanes of at least 4 members (excludes halogenated alkanes) is 13. The molecule has 0 aliphatic carbocycles. The standard InChI is InChI=1S/C16H34O.HO3P/c1-2-3-4-5-6-7-8-9-10-11-12-13-14-15-16-17;1-4(2)3/h17H,2-16H2,1H3;(H-,1,2,3)/p+1. The van der Waals surface area contributed by atoms with Crippen molar-refractivity contribution < 1.29 is 19.5 Å². The van der Waals surface area contributed by atoms with Gasteiger partial charge in [0.05, 0.1) is 0 Å². The molecule has 0 radical (unpaired) electrons. The summed E-state index contributed by atoms with van der Waals surface area (Å²) in [5.41, 5.74) is 0. The normalized spacial score (nSPS) is 10.1. The molecule has 0 atom stereocenters. The molecule has 0 aromatic heterocycles. The highest BCUT2D eigenvalue weighted by Crippen LogP contribution is 2.12. The van der Waals surface area contributed by atoms with Gasteiger partial charge in [0, 0.05) is 11.2 Å². The minimum absolute atomic E-state index is 0.373. The minimum Gasteiger partial charge on any atom is -0.396 e. The predicted octanol–water partition coefficient (Wildman–Crippen LogP) is 5.09. The van der Waals surface area contributed by atoms with Crippen molar-refractivity contribution in [2.45, 2.75) is 96.8 Å². The molecule has 0 saturated heterocycles. The van der Waals surface area contributed by atoms with E-state index in [0.717, 1.165) is 6.42 Å². The van der Waals surface area contributed by atoms with E-state index in [1.165, 1.54) is 83.5 Å². The van der Waals surface area contributed by atoms with Crippen LogP contribution in [0.1, 0.15) is 96.8 Å². The molecule has 0 aliphatic rings. The highest BCUT2D eigenvalue weighted by Gasteiger charge is 1.93. The molecule has 0 aromatic carbocycles. The molecule has 0 spiro atoms. The van der Waals surface area contributed by atoms with Crippen LogP contribution in [0.3, 0.4) is 0 Å². The largest absolute Gasteiger partial charge is 0.692 e. The molecular formula is C16H36O4P+. The lowest BCUT2D eigenvalue weighted by molar-refractivity contribution is 0.282. The summed E-state index contributed by atoms with van der Waals surface area (Å²) in [6.07, 6.45) is 19.2. The molecular weight excluding hydrogens is 287 g/mol. The van der Waals surface area contributed by atoms with E-state index < -0.39 is 8.25 Å². The Labute approximate surface area is 131 Å². The van der Waals surface area contributed by atoms with Gasteiger partial charge < -0.3 is 5.11 Å². The minimum atomic E-state index is -2.87. The summed E-state index contributed by atoms with van der Waals surface area (Å²) in [6.45, 7) is 2.65. The smallest absolute Gasteiger partial charge is 0.396 e. The summed E-state index contributed by atoms with van der Waals surface area (Å²) in [5.74, 6) is 0. The molecule has 0 unspecified atom stereocenters. The van der Waals surface area contributed by atoms with E-state index in [1.54, 1.807) is 0 Å². The van der Waals surface area contributed by atoms with Crippen LogP contribution < -0.4 is 0 Å². The van der Waals surface area contributed by atoms with E-state index in [9.17, 15) is 0 Å². The van der Waals surface area contributed by atoms with Crippen molar-refractivity contribution in [3.8, 4) is 0 Å². The second-order valence-electron chi connectivity index (χ2n) is 5.57. The maximum absolute atomic E-state index is 8.70. The molecule has 21 heavy (non-hydrogen) atoms. The first-order chi connectivity index (χ1) is 10.1. The number of rotatable bonds is 14. The average Bonchev–Trinajstić information content (AvgIpc) is 2.43. The summed E-state index contributed by atoms with van der Waals surface area (Å²) in [7, 11) is -2.87. The zero-order chi connectivity index (χ0) is 16.2. The second-order valence-corrected chi connectivity index (χ2v) is 6.08. The summed E-state index contributed by atoms with van der Waals surface area (Å²) in [4.78, 5) is 14.2. The first-order valence-corrected chi connectivity index (χ1v) is 9.77. The van der Waals surface area contributed by atoms with Gasteiger partial charge >= 0.3 is 8.25 Å². The van der Waals surface area contributed by atoms with Crippen LogP contribution in [-0.2, 0) is 4.57 Å². The highest BCUT2D eigenvalue weighted by atomic mass is 31.1. The Morgan fingerprint density at radius 2 is 0.857 bits per heavy atom. The van der Waals surface area contributed by atoms with Gasteiger partial charge in [-0.1, -0.05) is 90.4 Å². The summed E-state index contributed by atoms with van der Waals surface area (Å²) < 4.78 is 8.70. The van der Waals surface area contributed by atoms with Crippen LogP contribution in [-0.4, -0.2) is 21.5 Å². The summed E-state index contributed by atoms with van der Waals surface area (Å²) in [6, 6.07) is 0. The molecule has 0 fully saturated rings. The lowest BCUT2D eigenvalue weighted by atomic mass is 10.0. The van der Waals surface area contributed by atoms with Crippen LogP contribution >= 0.6 is 8.25 Å². The molecule has 4 nitrogen and oxygen atoms in total. The van der Waals surface area contributed by atoms with Gasteiger partial charge in [0.25, 0.3) is 0 Å². The van der Waals surface area contributed by atoms with E-state index in [0.29, 0.717) is 6.61 Å². The molecule has 0 rings (SSSR count). The van der Waals surface area contributed by atoms with Crippen LogP contribution in [0.4, 0.5) is 0 Å². The van der Waals surface area contributed by atoms with Gasteiger partial charge in [-0.15, -0.1) is 9.79 Å². The van der Waals surface area contributed by atoms with Gasteiger partial charge in [0.1, 0.15) is 0 Å². The quantitative estimate of drug-likeness (QED) is 0.307. The molecule has 0 aliphatic heterocycles. The lowest BCUT2D eigenvalue weighted by Gasteiger charge is -2.02. The lowest BCUT2D eigenvalue weighted by Crippen LogP contribution is -1.84. The molecule has 0 bridgehead atoms. The van der Waals surface area contributed by atoms with Gasteiger partial charge in [-0.05, 0) is 6.42 Å². The fraction of sp³-hybridized carbons (Fsp3) is 1.00. The van der Waals surface area contributed by atoms with Crippen molar-refractivity contribution in [3.63, 3.8) is 0 Å². The third kappa shape index (κ3) is 33.0. The van der Waals surface area contributed by atoms with Crippen molar-refractivity contribution in [3.05, 3.63) is 0 Å². The summed E-state index contributed by atoms with van der Waals surface area (Å²) >= 11 is 0. The topological polar surface area (TPSA) is 77.8 Å². The average molecular weight is 323 g/mol. The third-order valence-corrected chi connectivity index (χ3v) is 3.51. The molecule has 128 valence electrons. The Bertz CT molecular complexity index is 183. The SMILES string of the molecule is CCCCCCCCCCCCCCCCO.O=[P+](O)O. The van der Waals surface area contributed by atoms with Crippen LogP contribution in [0, 0.1) is 0 Å².